The van der Waals surface area contributed by atoms with E-state index in [2.05, 4.69) is 67.6 Å². The maximum Gasteiger partial charge on any atom is 0.192 e. The molecule has 4 atom stereocenters. The standard InChI is InChI=1S/C22H44O3Si/c1-12-16(2)13-17(3)14-18(4)20-19(24-22(8,9)25-20)15-23-26(10,11)21(5,6)7/h12,17-20H,13-15H2,1-11H3/b16-12+/t17-,18-,19+,20+/m0/s1. The molecule has 0 aromatic heterocycles. The molecule has 0 bridgehead atoms. The Kier molecular flexibility index (Phi) is 8.17. The van der Waals surface area contributed by atoms with Gasteiger partial charge in [0.25, 0.3) is 0 Å². The summed E-state index contributed by atoms with van der Waals surface area (Å²) >= 11 is 0. The number of allylic oxidation sites excluding steroid dienone is 2. The zero-order valence-electron chi connectivity index (χ0n) is 19.2. The van der Waals surface area contributed by atoms with Gasteiger partial charge in [0.1, 0.15) is 6.10 Å². The maximum atomic E-state index is 6.46. The number of hydrogen-bond donors (Lipinski definition) is 0. The van der Waals surface area contributed by atoms with Gasteiger partial charge in [-0.25, -0.2) is 0 Å². The second-order valence-electron chi connectivity index (χ2n) is 10.4. The summed E-state index contributed by atoms with van der Waals surface area (Å²) in [4.78, 5) is 0. The van der Waals surface area contributed by atoms with Gasteiger partial charge in [-0.1, -0.05) is 46.3 Å². The van der Waals surface area contributed by atoms with E-state index < -0.39 is 14.1 Å². The van der Waals surface area contributed by atoms with Gasteiger partial charge in [-0.15, -0.1) is 0 Å². The molecule has 0 amide bonds. The minimum Gasteiger partial charge on any atom is -0.414 e. The molecule has 0 aromatic rings. The van der Waals surface area contributed by atoms with Gasteiger partial charge in [0.2, 0.25) is 0 Å². The Hall–Kier alpha value is -0.163. The monoisotopic (exact) mass is 384 g/mol. The molecule has 0 aromatic carbocycles. The minimum atomic E-state index is -1.78. The van der Waals surface area contributed by atoms with Crippen molar-refractivity contribution >= 4 is 8.32 Å². The van der Waals surface area contributed by atoms with Crippen molar-refractivity contribution in [3.8, 4) is 0 Å². The molecule has 0 N–H and O–H groups in total. The number of ether oxygens (including phenoxy) is 2. The van der Waals surface area contributed by atoms with Crippen LogP contribution in [0.2, 0.25) is 18.1 Å². The summed E-state index contributed by atoms with van der Waals surface area (Å²) in [6.45, 7) is 25.1. The van der Waals surface area contributed by atoms with Crippen LogP contribution in [0.4, 0.5) is 0 Å². The van der Waals surface area contributed by atoms with E-state index in [1.54, 1.807) is 0 Å². The molecule has 0 saturated carbocycles. The summed E-state index contributed by atoms with van der Waals surface area (Å²) in [5.41, 5.74) is 1.46. The van der Waals surface area contributed by atoms with Gasteiger partial charge in [0.05, 0.1) is 12.7 Å². The van der Waals surface area contributed by atoms with Crippen LogP contribution in [-0.4, -0.2) is 32.9 Å². The first kappa shape index (κ1) is 23.9. The first-order valence-corrected chi connectivity index (χ1v) is 13.2. The van der Waals surface area contributed by atoms with Crippen LogP contribution in [0.5, 0.6) is 0 Å². The van der Waals surface area contributed by atoms with E-state index in [1.807, 2.05) is 13.8 Å². The Labute approximate surface area is 164 Å². The fourth-order valence-electron chi connectivity index (χ4n) is 3.50. The molecule has 1 saturated heterocycles. The Morgan fingerprint density at radius 3 is 2.27 bits per heavy atom. The summed E-state index contributed by atoms with van der Waals surface area (Å²) in [6.07, 6.45) is 4.64. The van der Waals surface area contributed by atoms with Crippen molar-refractivity contribution in [1.82, 2.24) is 0 Å². The third-order valence-corrected chi connectivity index (χ3v) is 10.6. The second kappa shape index (κ2) is 8.89. The summed E-state index contributed by atoms with van der Waals surface area (Å²) in [5.74, 6) is 0.572. The SMILES string of the molecule is C/C=C(\C)C[C@H](C)C[C@H](C)[C@H]1OC(C)(C)O[C@@H]1CO[Si](C)(C)C(C)(C)C. The van der Waals surface area contributed by atoms with Crippen LogP contribution in [0.1, 0.15) is 75.2 Å². The van der Waals surface area contributed by atoms with Gasteiger partial charge < -0.3 is 13.9 Å². The van der Waals surface area contributed by atoms with Crippen molar-refractivity contribution < 1.29 is 13.9 Å². The summed E-state index contributed by atoms with van der Waals surface area (Å²) < 4.78 is 19.0. The molecule has 0 aliphatic carbocycles. The third-order valence-electron chi connectivity index (χ3n) is 6.13. The van der Waals surface area contributed by atoms with Crippen molar-refractivity contribution in [1.29, 1.82) is 0 Å². The van der Waals surface area contributed by atoms with Crippen LogP contribution in [0.3, 0.4) is 0 Å². The molecule has 4 heteroatoms. The van der Waals surface area contributed by atoms with Crippen molar-refractivity contribution in [2.24, 2.45) is 11.8 Å². The summed E-state index contributed by atoms with van der Waals surface area (Å²) in [6, 6.07) is 0. The molecule has 0 radical (unpaired) electrons. The predicted octanol–water partition coefficient (Wildman–Crippen LogP) is 6.55. The van der Waals surface area contributed by atoms with Crippen molar-refractivity contribution in [2.75, 3.05) is 6.61 Å². The lowest BCUT2D eigenvalue weighted by molar-refractivity contribution is -0.152. The highest BCUT2D eigenvalue weighted by molar-refractivity contribution is 6.74. The molecule has 154 valence electrons. The largest absolute Gasteiger partial charge is 0.414 e. The quantitative estimate of drug-likeness (QED) is 0.351. The Morgan fingerprint density at radius 2 is 1.77 bits per heavy atom. The van der Waals surface area contributed by atoms with Gasteiger partial charge in [-0.3, -0.25) is 0 Å². The smallest absolute Gasteiger partial charge is 0.192 e. The van der Waals surface area contributed by atoms with Crippen molar-refractivity contribution in [3.63, 3.8) is 0 Å². The summed E-state index contributed by atoms with van der Waals surface area (Å²) in [5, 5.41) is 0.210. The van der Waals surface area contributed by atoms with E-state index in [-0.39, 0.29) is 17.2 Å². The highest BCUT2D eigenvalue weighted by Gasteiger charge is 2.46. The first-order valence-electron chi connectivity index (χ1n) is 10.3. The first-order chi connectivity index (χ1) is 11.7. The fourth-order valence-corrected chi connectivity index (χ4v) is 4.51. The van der Waals surface area contributed by atoms with Crippen LogP contribution in [0.25, 0.3) is 0 Å². The highest BCUT2D eigenvalue weighted by Crippen LogP contribution is 2.39. The Morgan fingerprint density at radius 1 is 1.19 bits per heavy atom. The van der Waals surface area contributed by atoms with E-state index in [9.17, 15) is 0 Å². The Bertz CT molecular complexity index is 476. The van der Waals surface area contributed by atoms with Gasteiger partial charge in [0.15, 0.2) is 14.1 Å². The number of hydrogen-bond acceptors (Lipinski definition) is 3. The van der Waals surface area contributed by atoms with Gasteiger partial charge in [-0.05, 0) is 70.5 Å². The van der Waals surface area contributed by atoms with E-state index >= 15 is 0 Å². The minimum absolute atomic E-state index is 0.0177. The maximum absolute atomic E-state index is 6.46. The van der Waals surface area contributed by atoms with E-state index in [1.165, 1.54) is 5.57 Å². The lowest BCUT2D eigenvalue weighted by Crippen LogP contribution is -2.44. The van der Waals surface area contributed by atoms with E-state index in [0.29, 0.717) is 18.4 Å². The van der Waals surface area contributed by atoms with Crippen LogP contribution >= 0.6 is 0 Å². The average Bonchev–Trinajstić information content (AvgIpc) is 2.79. The molecule has 26 heavy (non-hydrogen) atoms. The predicted molar refractivity (Wildman–Crippen MR) is 114 cm³/mol. The summed E-state index contributed by atoms with van der Waals surface area (Å²) in [7, 11) is -1.78. The lowest BCUT2D eigenvalue weighted by atomic mass is 9.87. The average molecular weight is 385 g/mol. The lowest BCUT2D eigenvalue weighted by Gasteiger charge is -2.37. The molecule has 1 heterocycles. The zero-order chi connectivity index (χ0) is 20.3. The van der Waals surface area contributed by atoms with Crippen LogP contribution in [0.15, 0.2) is 11.6 Å². The molecule has 0 spiro atoms. The van der Waals surface area contributed by atoms with E-state index in [0.717, 1.165) is 12.8 Å². The molecular formula is C22H44O3Si. The van der Waals surface area contributed by atoms with Crippen LogP contribution < -0.4 is 0 Å². The number of rotatable bonds is 8. The molecule has 1 aliphatic rings. The van der Waals surface area contributed by atoms with Crippen LogP contribution in [-0.2, 0) is 13.9 Å². The van der Waals surface area contributed by atoms with Gasteiger partial charge >= 0.3 is 0 Å². The zero-order valence-corrected chi connectivity index (χ0v) is 20.2. The highest BCUT2D eigenvalue weighted by atomic mass is 28.4. The normalized spacial score (nSPS) is 26.8. The molecule has 1 aliphatic heterocycles. The van der Waals surface area contributed by atoms with Gasteiger partial charge in [-0.2, -0.15) is 0 Å². The van der Waals surface area contributed by atoms with Gasteiger partial charge in [0, 0.05) is 0 Å². The van der Waals surface area contributed by atoms with Crippen molar-refractivity contribution in [2.45, 2.75) is 111 Å². The fraction of sp³-hybridized carbons (Fsp3) is 0.909. The third kappa shape index (κ3) is 6.77. The van der Waals surface area contributed by atoms with Crippen molar-refractivity contribution in [3.05, 3.63) is 11.6 Å². The van der Waals surface area contributed by atoms with E-state index in [4.69, 9.17) is 13.9 Å². The molecule has 1 rings (SSSR count). The topological polar surface area (TPSA) is 27.7 Å². The molecular weight excluding hydrogens is 340 g/mol. The molecule has 1 fully saturated rings. The molecule has 3 nitrogen and oxygen atoms in total. The van der Waals surface area contributed by atoms with Crippen LogP contribution in [0, 0.1) is 11.8 Å². The molecule has 0 unspecified atom stereocenters. The second-order valence-corrected chi connectivity index (χ2v) is 15.2. The Balaban J connectivity index is 2.74.